The first kappa shape index (κ1) is 22.5. The zero-order chi connectivity index (χ0) is 23.7. The quantitative estimate of drug-likeness (QED) is 0.448. The lowest BCUT2D eigenvalue weighted by Gasteiger charge is -2.39. The lowest BCUT2D eigenvalue weighted by Crippen LogP contribution is -2.49. The number of amides is 1. The van der Waals surface area contributed by atoms with Gasteiger partial charge in [0, 0.05) is 30.7 Å². The normalized spacial score (nSPS) is 17.2. The van der Waals surface area contributed by atoms with Gasteiger partial charge < -0.3 is 19.1 Å². The van der Waals surface area contributed by atoms with E-state index in [0.29, 0.717) is 49.3 Å². The van der Waals surface area contributed by atoms with Crippen LogP contribution in [0.5, 0.6) is 0 Å². The van der Waals surface area contributed by atoms with Crippen molar-refractivity contribution < 1.29 is 14.1 Å². The van der Waals surface area contributed by atoms with Crippen LogP contribution in [0.3, 0.4) is 0 Å². The number of halogens is 1. The second-order valence-electron chi connectivity index (χ2n) is 8.67. The summed E-state index contributed by atoms with van der Waals surface area (Å²) in [5.74, 6) is 2.18. The molecule has 0 spiro atoms. The molecular weight excluding hydrogens is 500 g/mol. The van der Waals surface area contributed by atoms with Gasteiger partial charge in [0.15, 0.2) is 5.82 Å². The number of carbonyl (C=O) groups excluding carboxylic acids is 1. The van der Waals surface area contributed by atoms with Crippen LogP contribution in [0, 0.1) is 0 Å². The van der Waals surface area contributed by atoms with Crippen molar-refractivity contribution in [2.75, 3.05) is 31.1 Å². The highest BCUT2D eigenvalue weighted by molar-refractivity contribution is 9.10. The molecular formula is C24H25BrN6O3. The lowest BCUT2D eigenvalue weighted by molar-refractivity contribution is 0.126. The number of anilines is 1. The standard InChI is InChI=1S/C24H25BrN6O3/c1-16(2)33-23(32)31-12-10-30(11-13-31)20-15-26-19(14-27-20)21-28-22(29-34-21)24(8-3-9-24)17-4-6-18(25)7-5-17/h4-7,14-15H,1,3,8-13H2,2H3. The van der Waals surface area contributed by atoms with E-state index in [9.17, 15) is 4.79 Å². The first-order valence-electron chi connectivity index (χ1n) is 11.2. The van der Waals surface area contributed by atoms with E-state index in [4.69, 9.17) is 14.2 Å². The summed E-state index contributed by atoms with van der Waals surface area (Å²) in [6.45, 7) is 7.63. The van der Waals surface area contributed by atoms with Gasteiger partial charge in [0.25, 0.3) is 5.89 Å². The fourth-order valence-corrected chi connectivity index (χ4v) is 4.65. The largest absolute Gasteiger partial charge is 0.416 e. The van der Waals surface area contributed by atoms with E-state index in [1.807, 2.05) is 12.1 Å². The third-order valence-electron chi connectivity index (χ3n) is 6.44. The molecule has 1 aromatic carbocycles. The van der Waals surface area contributed by atoms with Crippen molar-refractivity contribution in [3.8, 4) is 11.6 Å². The molecule has 1 aliphatic carbocycles. The predicted octanol–water partition coefficient (Wildman–Crippen LogP) is 4.55. The maximum Gasteiger partial charge on any atom is 0.414 e. The van der Waals surface area contributed by atoms with Crippen LogP contribution in [0.15, 0.2) is 58.0 Å². The summed E-state index contributed by atoms with van der Waals surface area (Å²) in [7, 11) is 0. The van der Waals surface area contributed by atoms with Crippen LogP contribution in [0.1, 0.15) is 37.6 Å². The number of piperazine rings is 1. The second kappa shape index (κ2) is 9.17. The van der Waals surface area contributed by atoms with Gasteiger partial charge in [-0.25, -0.2) is 14.8 Å². The Morgan fingerprint density at radius 1 is 1.12 bits per heavy atom. The molecule has 176 valence electrons. The van der Waals surface area contributed by atoms with Crippen LogP contribution in [-0.2, 0) is 10.2 Å². The fourth-order valence-electron chi connectivity index (χ4n) is 4.39. The van der Waals surface area contributed by atoms with Crippen molar-refractivity contribution in [2.45, 2.75) is 31.6 Å². The first-order valence-corrected chi connectivity index (χ1v) is 12.0. The molecule has 3 aromatic rings. The molecule has 0 radical (unpaired) electrons. The number of benzene rings is 1. The smallest absolute Gasteiger partial charge is 0.414 e. The van der Waals surface area contributed by atoms with Gasteiger partial charge in [-0.05, 0) is 37.5 Å². The Bertz CT molecular complexity index is 1180. The molecule has 0 bridgehead atoms. The van der Waals surface area contributed by atoms with E-state index in [0.717, 1.165) is 29.6 Å². The first-order chi connectivity index (χ1) is 16.4. The summed E-state index contributed by atoms with van der Waals surface area (Å²) < 4.78 is 11.7. The SMILES string of the molecule is C=C(C)OC(=O)N1CCN(c2cnc(-c3nc(C4(c5ccc(Br)cc5)CCC4)no3)cn2)CC1. The molecule has 9 nitrogen and oxygen atoms in total. The summed E-state index contributed by atoms with van der Waals surface area (Å²) in [6.07, 6.45) is 6.10. The molecule has 10 heteroatoms. The van der Waals surface area contributed by atoms with E-state index in [2.05, 4.69) is 54.7 Å². The molecule has 5 rings (SSSR count). The Morgan fingerprint density at radius 3 is 2.44 bits per heavy atom. The number of hydrogen-bond acceptors (Lipinski definition) is 8. The van der Waals surface area contributed by atoms with Gasteiger partial charge >= 0.3 is 6.09 Å². The molecule has 2 aromatic heterocycles. The number of aromatic nitrogens is 4. The van der Waals surface area contributed by atoms with Crippen molar-refractivity contribution in [2.24, 2.45) is 0 Å². The highest BCUT2D eigenvalue weighted by atomic mass is 79.9. The summed E-state index contributed by atoms with van der Waals surface area (Å²) in [5.41, 5.74) is 1.53. The van der Waals surface area contributed by atoms with Crippen LogP contribution in [0.4, 0.5) is 10.6 Å². The number of allylic oxidation sites excluding steroid dienone is 1. The lowest BCUT2D eigenvalue weighted by atomic mass is 9.64. The molecule has 0 N–H and O–H groups in total. The molecule has 1 saturated heterocycles. The van der Waals surface area contributed by atoms with Gasteiger partial charge in [-0.1, -0.05) is 46.2 Å². The van der Waals surface area contributed by atoms with Crippen LogP contribution in [0.25, 0.3) is 11.6 Å². The van der Waals surface area contributed by atoms with E-state index in [1.54, 1.807) is 24.2 Å². The third kappa shape index (κ3) is 4.29. The third-order valence-corrected chi connectivity index (χ3v) is 6.97. The van der Waals surface area contributed by atoms with Crippen molar-refractivity contribution in [1.29, 1.82) is 0 Å². The summed E-state index contributed by atoms with van der Waals surface area (Å²) >= 11 is 3.50. The maximum absolute atomic E-state index is 12.0. The Kier molecular flexibility index (Phi) is 6.07. The minimum atomic E-state index is -0.367. The average Bonchev–Trinajstić information content (AvgIpc) is 3.30. The molecule has 2 aliphatic rings. The molecule has 0 atom stereocenters. The summed E-state index contributed by atoms with van der Waals surface area (Å²) in [4.78, 5) is 29.5. The summed E-state index contributed by atoms with van der Waals surface area (Å²) in [6, 6.07) is 8.32. The number of carbonyl (C=O) groups is 1. The number of nitrogens with zero attached hydrogens (tertiary/aromatic N) is 6. The molecule has 3 heterocycles. The van der Waals surface area contributed by atoms with Crippen LogP contribution < -0.4 is 4.90 Å². The van der Waals surface area contributed by atoms with E-state index in [1.165, 1.54) is 5.56 Å². The van der Waals surface area contributed by atoms with Crippen LogP contribution in [-0.4, -0.2) is 57.3 Å². The molecule has 2 fully saturated rings. The Morgan fingerprint density at radius 2 is 1.85 bits per heavy atom. The monoisotopic (exact) mass is 524 g/mol. The minimum Gasteiger partial charge on any atom is -0.416 e. The Balaban J connectivity index is 1.27. The van der Waals surface area contributed by atoms with Gasteiger partial charge in [0.05, 0.1) is 23.6 Å². The van der Waals surface area contributed by atoms with Gasteiger partial charge in [0.1, 0.15) is 11.5 Å². The highest BCUT2D eigenvalue weighted by Crippen LogP contribution is 2.48. The number of ether oxygens (including phenoxy) is 1. The van der Waals surface area contributed by atoms with Gasteiger partial charge in [-0.3, -0.25) is 0 Å². The predicted molar refractivity (Wildman–Crippen MR) is 129 cm³/mol. The molecule has 34 heavy (non-hydrogen) atoms. The molecule has 1 aliphatic heterocycles. The van der Waals surface area contributed by atoms with E-state index < -0.39 is 0 Å². The van der Waals surface area contributed by atoms with Gasteiger partial charge in [-0.2, -0.15) is 4.98 Å². The molecule has 1 saturated carbocycles. The fraction of sp³-hybridized carbons (Fsp3) is 0.375. The Labute approximate surface area is 206 Å². The number of rotatable bonds is 5. The zero-order valence-electron chi connectivity index (χ0n) is 18.9. The second-order valence-corrected chi connectivity index (χ2v) is 9.59. The maximum atomic E-state index is 12.0. The molecule has 0 unspecified atom stereocenters. The van der Waals surface area contributed by atoms with Gasteiger partial charge in [0.2, 0.25) is 0 Å². The molecule has 1 amide bonds. The topological polar surface area (TPSA) is 97.5 Å². The minimum absolute atomic E-state index is 0.208. The van der Waals surface area contributed by atoms with Crippen LogP contribution >= 0.6 is 15.9 Å². The van der Waals surface area contributed by atoms with Crippen molar-refractivity contribution in [1.82, 2.24) is 25.0 Å². The number of hydrogen-bond donors (Lipinski definition) is 0. The Hall–Kier alpha value is -3.27. The zero-order valence-corrected chi connectivity index (χ0v) is 20.5. The average molecular weight is 525 g/mol. The van der Waals surface area contributed by atoms with E-state index >= 15 is 0 Å². The van der Waals surface area contributed by atoms with Crippen molar-refractivity contribution in [3.63, 3.8) is 0 Å². The van der Waals surface area contributed by atoms with Crippen LogP contribution in [0.2, 0.25) is 0 Å². The van der Waals surface area contributed by atoms with Crippen molar-refractivity contribution >= 4 is 27.8 Å². The van der Waals surface area contributed by atoms with Gasteiger partial charge in [-0.15, -0.1) is 0 Å². The van der Waals surface area contributed by atoms with E-state index in [-0.39, 0.29) is 11.5 Å². The summed E-state index contributed by atoms with van der Waals surface area (Å²) in [5, 5.41) is 4.31. The highest BCUT2D eigenvalue weighted by Gasteiger charge is 2.44. The van der Waals surface area contributed by atoms with Crippen molar-refractivity contribution in [3.05, 3.63) is 64.9 Å².